The number of hydrogen-bond acceptors (Lipinski definition) is 7. The molecule has 2 aliphatic heterocycles. The molecule has 1 aromatic heterocycles. The molecule has 11 heteroatoms. The molecule has 0 aliphatic carbocycles. The van der Waals surface area contributed by atoms with Gasteiger partial charge in [0.1, 0.15) is 5.75 Å². The molecule has 2 amide bonds. The van der Waals surface area contributed by atoms with Gasteiger partial charge in [-0.05, 0) is 12.1 Å². The number of fused-ring (bicyclic) bond motifs is 1. The van der Waals surface area contributed by atoms with Crippen LogP contribution in [0.1, 0.15) is 17.0 Å². The first kappa shape index (κ1) is 20.8. The zero-order valence-electron chi connectivity index (χ0n) is 16.6. The summed E-state index contributed by atoms with van der Waals surface area (Å²) >= 11 is 1.28. The number of anilines is 2. The summed E-state index contributed by atoms with van der Waals surface area (Å²) in [6.45, 7) is 0.938. The van der Waals surface area contributed by atoms with E-state index >= 15 is 0 Å². The maximum Gasteiger partial charge on any atom is 0.231 e. The second kappa shape index (κ2) is 7.97. The van der Waals surface area contributed by atoms with Crippen molar-refractivity contribution in [3.8, 4) is 5.75 Å². The number of rotatable bonds is 5. The second-order valence-corrected chi connectivity index (χ2v) is 10.4. The molecular weight excluding hydrogens is 428 g/mol. The number of carbonyl (C=O) groups excluding carboxylic acids is 2. The van der Waals surface area contributed by atoms with E-state index in [1.165, 1.54) is 21.9 Å². The van der Waals surface area contributed by atoms with Crippen molar-refractivity contribution in [2.24, 2.45) is 5.92 Å². The first-order valence-corrected chi connectivity index (χ1v) is 12.1. The first-order valence-electron chi connectivity index (χ1n) is 9.43. The predicted octanol–water partition coefficient (Wildman–Crippen LogP) is 1.46. The molecule has 2 aliphatic rings. The van der Waals surface area contributed by atoms with Gasteiger partial charge in [-0.3, -0.25) is 9.59 Å². The Labute approximate surface area is 178 Å². The van der Waals surface area contributed by atoms with Crippen LogP contribution in [0.4, 0.5) is 10.8 Å². The third-order valence-electron chi connectivity index (χ3n) is 5.26. The summed E-state index contributed by atoms with van der Waals surface area (Å²) in [7, 11) is -1.71. The van der Waals surface area contributed by atoms with Crippen LogP contribution in [0.15, 0.2) is 24.3 Å². The van der Waals surface area contributed by atoms with Crippen LogP contribution in [0.2, 0.25) is 0 Å². The van der Waals surface area contributed by atoms with Gasteiger partial charge in [0.2, 0.25) is 21.8 Å². The summed E-state index contributed by atoms with van der Waals surface area (Å²) in [5.74, 6) is -0.229. The Hall–Kier alpha value is -2.50. The minimum atomic E-state index is -3.27. The number of ether oxygens (including phenoxy) is 1. The summed E-state index contributed by atoms with van der Waals surface area (Å²) in [4.78, 5) is 32.1. The number of nitrogens with zero attached hydrogens (tertiary/aromatic N) is 3. The Kier molecular flexibility index (Phi) is 5.51. The average Bonchev–Trinajstić information content (AvgIpc) is 3.29. The molecule has 1 aromatic carbocycles. The zero-order valence-corrected chi connectivity index (χ0v) is 18.3. The average molecular weight is 451 g/mol. The van der Waals surface area contributed by atoms with Crippen molar-refractivity contribution in [2.45, 2.75) is 19.4 Å². The largest absolute Gasteiger partial charge is 0.497 e. The van der Waals surface area contributed by atoms with Crippen LogP contribution < -0.4 is 15.0 Å². The molecule has 1 N–H and O–H groups in total. The number of benzene rings is 1. The number of amides is 2. The molecule has 30 heavy (non-hydrogen) atoms. The summed E-state index contributed by atoms with van der Waals surface area (Å²) < 4.78 is 30.1. The topological polar surface area (TPSA) is 109 Å². The minimum absolute atomic E-state index is 0.120. The van der Waals surface area contributed by atoms with Gasteiger partial charge in [0, 0.05) is 49.1 Å². The molecule has 1 fully saturated rings. The monoisotopic (exact) mass is 450 g/mol. The van der Waals surface area contributed by atoms with Gasteiger partial charge < -0.3 is 15.0 Å². The van der Waals surface area contributed by atoms with E-state index in [1.807, 2.05) is 6.07 Å². The van der Waals surface area contributed by atoms with E-state index in [0.29, 0.717) is 29.5 Å². The number of nitrogens with one attached hydrogen (secondary N) is 1. The third-order valence-corrected chi connectivity index (χ3v) is 7.50. The maximum atomic E-state index is 12.7. The molecule has 1 atom stereocenters. The number of hydrogen-bond donors (Lipinski definition) is 1. The van der Waals surface area contributed by atoms with Gasteiger partial charge in [0.15, 0.2) is 5.13 Å². The van der Waals surface area contributed by atoms with E-state index in [-0.39, 0.29) is 31.3 Å². The third kappa shape index (κ3) is 4.18. The van der Waals surface area contributed by atoms with Crippen LogP contribution in [0, 0.1) is 5.92 Å². The van der Waals surface area contributed by atoms with E-state index in [9.17, 15) is 18.0 Å². The smallest absolute Gasteiger partial charge is 0.231 e. The molecule has 0 spiro atoms. The van der Waals surface area contributed by atoms with Crippen molar-refractivity contribution in [3.63, 3.8) is 0 Å². The lowest BCUT2D eigenvalue weighted by molar-refractivity contribution is -0.122. The molecule has 3 heterocycles. The molecular formula is C19H22N4O5S2. The highest BCUT2D eigenvalue weighted by Crippen LogP contribution is 2.31. The summed E-state index contributed by atoms with van der Waals surface area (Å²) in [6.07, 6.45) is 1.82. The van der Waals surface area contributed by atoms with Gasteiger partial charge in [0.25, 0.3) is 0 Å². The minimum Gasteiger partial charge on any atom is -0.497 e. The van der Waals surface area contributed by atoms with Gasteiger partial charge in [-0.2, -0.15) is 4.31 Å². The van der Waals surface area contributed by atoms with Crippen molar-refractivity contribution in [1.29, 1.82) is 0 Å². The standard InChI is InChI=1S/C19H22N4O5S2/c1-28-14-5-3-4-13(9-14)23-10-12(8-17(23)24)18(25)21-19-20-15-6-7-22(30(2,26)27)11-16(15)29-19/h3-5,9,12H,6-8,10-11H2,1-2H3,(H,20,21,25). The van der Waals surface area contributed by atoms with Gasteiger partial charge in [-0.1, -0.05) is 6.07 Å². The Morgan fingerprint density at radius 3 is 2.90 bits per heavy atom. The fraction of sp³-hybridized carbons (Fsp3) is 0.421. The predicted molar refractivity (Wildman–Crippen MR) is 113 cm³/mol. The molecule has 4 rings (SSSR count). The van der Waals surface area contributed by atoms with Crippen LogP contribution in [-0.4, -0.2) is 56.0 Å². The molecule has 1 unspecified atom stereocenters. The van der Waals surface area contributed by atoms with Crippen molar-refractivity contribution in [3.05, 3.63) is 34.8 Å². The van der Waals surface area contributed by atoms with Crippen LogP contribution >= 0.6 is 11.3 Å². The molecule has 0 bridgehead atoms. The van der Waals surface area contributed by atoms with E-state index in [0.717, 1.165) is 10.6 Å². The lowest BCUT2D eigenvalue weighted by Crippen LogP contribution is -2.34. The quantitative estimate of drug-likeness (QED) is 0.739. The normalized spacial score (nSPS) is 19.6. The van der Waals surface area contributed by atoms with Crippen molar-refractivity contribution in [1.82, 2.24) is 9.29 Å². The molecule has 1 saturated heterocycles. The van der Waals surface area contributed by atoms with Crippen molar-refractivity contribution in [2.75, 3.05) is 36.7 Å². The van der Waals surface area contributed by atoms with Gasteiger partial charge in [-0.15, -0.1) is 11.3 Å². The van der Waals surface area contributed by atoms with Crippen molar-refractivity contribution < 1.29 is 22.7 Å². The first-order chi connectivity index (χ1) is 14.2. The number of thiazole rings is 1. The second-order valence-electron chi connectivity index (χ2n) is 7.33. The van der Waals surface area contributed by atoms with E-state index in [2.05, 4.69) is 10.3 Å². The number of carbonyl (C=O) groups is 2. The lowest BCUT2D eigenvalue weighted by atomic mass is 10.1. The molecule has 0 saturated carbocycles. The van der Waals surface area contributed by atoms with Gasteiger partial charge >= 0.3 is 0 Å². The van der Waals surface area contributed by atoms with E-state index in [4.69, 9.17) is 4.74 Å². The Balaban J connectivity index is 1.43. The number of sulfonamides is 1. The fourth-order valence-corrected chi connectivity index (χ4v) is 5.52. The van der Waals surface area contributed by atoms with Crippen LogP contribution in [-0.2, 0) is 32.6 Å². The molecule has 9 nitrogen and oxygen atoms in total. The van der Waals surface area contributed by atoms with Crippen LogP contribution in [0.3, 0.4) is 0 Å². The van der Waals surface area contributed by atoms with Gasteiger partial charge in [0.05, 0.1) is 25.0 Å². The zero-order chi connectivity index (χ0) is 21.5. The number of methoxy groups -OCH3 is 1. The summed E-state index contributed by atoms with van der Waals surface area (Å²) in [5, 5.41) is 3.24. The van der Waals surface area contributed by atoms with E-state index < -0.39 is 15.9 Å². The molecule has 160 valence electrons. The maximum absolute atomic E-state index is 12.7. The van der Waals surface area contributed by atoms with Crippen LogP contribution in [0.25, 0.3) is 0 Å². The Morgan fingerprint density at radius 1 is 1.37 bits per heavy atom. The number of aromatic nitrogens is 1. The molecule has 0 radical (unpaired) electrons. The van der Waals surface area contributed by atoms with Gasteiger partial charge in [-0.25, -0.2) is 13.4 Å². The fourth-order valence-electron chi connectivity index (χ4n) is 3.63. The highest BCUT2D eigenvalue weighted by molar-refractivity contribution is 7.88. The summed E-state index contributed by atoms with van der Waals surface area (Å²) in [6, 6.07) is 7.17. The highest BCUT2D eigenvalue weighted by Gasteiger charge is 2.36. The Bertz CT molecular complexity index is 1100. The summed E-state index contributed by atoms with van der Waals surface area (Å²) in [5.41, 5.74) is 1.51. The molecule has 2 aromatic rings. The Morgan fingerprint density at radius 2 is 2.17 bits per heavy atom. The van der Waals surface area contributed by atoms with Crippen LogP contribution in [0.5, 0.6) is 5.75 Å². The van der Waals surface area contributed by atoms with E-state index in [1.54, 1.807) is 30.2 Å². The lowest BCUT2D eigenvalue weighted by Gasteiger charge is -2.23. The van der Waals surface area contributed by atoms with Crippen molar-refractivity contribution >= 4 is 44.0 Å². The SMILES string of the molecule is COc1cccc(N2CC(C(=O)Nc3nc4c(s3)CN(S(C)(=O)=O)CC4)CC2=O)c1. The highest BCUT2D eigenvalue weighted by atomic mass is 32.2.